The van der Waals surface area contributed by atoms with Crippen molar-refractivity contribution in [2.24, 2.45) is 0 Å². The predicted molar refractivity (Wildman–Crippen MR) is 86.4 cm³/mol. The van der Waals surface area contributed by atoms with Crippen LogP contribution in [0.1, 0.15) is 30.1 Å². The first kappa shape index (κ1) is 16.8. The third-order valence-corrected chi connectivity index (χ3v) is 7.04. The molecular weight excluding hydrogens is 378 g/mol. The number of hydrogen-bond donors (Lipinski definition) is 2. The van der Waals surface area contributed by atoms with Crippen LogP contribution in [0.15, 0.2) is 27.6 Å². The zero-order valence-electron chi connectivity index (χ0n) is 11.4. The molecule has 0 spiro atoms. The molecule has 0 bridgehead atoms. The molecule has 5 nitrogen and oxygen atoms in total. The summed E-state index contributed by atoms with van der Waals surface area (Å²) in [5.41, 5.74) is -0.0701. The molecule has 1 atom stereocenters. The Labute approximate surface area is 136 Å². The molecule has 2 rings (SSSR count). The lowest BCUT2D eigenvalue weighted by Crippen LogP contribution is -2.36. The van der Waals surface area contributed by atoms with E-state index in [0.29, 0.717) is 11.0 Å². The molecule has 21 heavy (non-hydrogen) atoms. The zero-order valence-corrected chi connectivity index (χ0v) is 14.6. The highest BCUT2D eigenvalue weighted by atomic mass is 79.9. The highest BCUT2D eigenvalue weighted by Gasteiger charge is 2.31. The SMILES string of the molecule is CC1(CNS(=O)(=O)c2ccc(Br)c(C(=O)O)c2)CCCS1. The maximum atomic E-state index is 12.3. The molecule has 1 fully saturated rings. The van der Waals surface area contributed by atoms with E-state index in [-0.39, 0.29) is 15.2 Å². The van der Waals surface area contributed by atoms with Gasteiger partial charge >= 0.3 is 5.97 Å². The van der Waals surface area contributed by atoms with Crippen molar-refractivity contribution in [3.63, 3.8) is 0 Å². The highest BCUT2D eigenvalue weighted by molar-refractivity contribution is 9.10. The van der Waals surface area contributed by atoms with Gasteiger partial charge in [-0.3, -0.25) is 0 Å². The average molecular weight is 394 g/mol. The van der Waals surface area contributed by atoms with E-state index in [1.807, 2.05) is 6.92 Å². The molecular formula is C13H16BrNO4S2. The number of carboxylic acid groups (broad SMARTS) is 1. The minimum atomic E-state index is -3.71. The van der Waals surface area contributed by atoms with Crippen LogP contribution in [0.4, 0.5) is 0 Å². The molecule has 0 amide bonds. The first-order valence-electron chi connectivity index (χ1n) is 6.40. The van der Waals surface area contributed by atoms with Crippen LogP contribution in [-0.2, 0) is 10.0 Å². The van der Waals surface area contributed by atoms with Gasteiger partial charge in [0.15, 0.2) is 0 Å². The Hall–Kier alpha value is -0.570. The second-order valence-electron chi connectivity index (χ2n) is 5.17. The lowest BCUT2D eigenvalue weighted by atomic mass is 10.1. The van der Waals surface area contributed by atoms with Crippen molar-refractivity contribution in [3.8, 4) is 0 Å². The van der Waals surface area contributed by atoms with Crippen LogP contribution in [-0.4, -0.2) is 36.5 Å². The van der Waals surface area contributed by atoms with Gasteiger partial charge in [0.25, 0.3) is 0 Å². The van der Waals surface area contributed by atoms with E-state index in [1.165, 1.54) is 18.2 Å². The van der Waals surface area contributed by atoms with Gasteiger partial charge in [-0.1, -0.05) is 0 Å². The molecule has 1 aromatic rings. The smallest absolute Gasteiger partial charge is 0.336 e. The second kappa shape index (κ2) is 6.28. The standard InChI is InChI=1S/C13H16BrNO4S2/c1-13(5-2-6-20-13)8-15-21(18,19)9-3-4-11(14)10(7-9)12(16)17/h3-4,7,15H,2,5-6,8H2,1H3,(H,16,17). The van der Waals surface area contributed by atoms with Crippen LogP contribution in [0.2, 0.25) is 0 Å². The second-order valence-corrected chi connectivity index (χ2v) is 9.48. The topological polar surface area (TPSA) is 83.5 Å². The summed E-state index contributed by atoms with van der Waals surface area (Å²) in [4.78, 5) is 11.0. The van der Waals surface area contributed by atoms with E-state index >= 15 is 0 Å². The molecule has 1 heterocycles. The van der Waals surface area contributed by atoms with E-state index in [1.54, 1.807) is 11.8 Å². The van der Waals surface area contributed by atoms with Crippen molar-refractivity contribution < 1.29 is 18.3 Å². The summed E-state index contributed by atoms with van der Waals surface area (Å²) in [6.45, 7) is 2.38. The first-order chi connectivity index (χ1) is 9.73. The number of carbonyl (C=O) groups is 1. The molecule has 0 aromatic heterocycles. The summed E-state index contributed by atoms with van der Waals surface area (Å²) in [5.74, 6) is -0.128. The molecule has 1 aliphatic heterocycles. The van der Waals surface area contributed by atoms with E-state index in [2.05, 4.69) is 20.7 Å². The van der Waals surface area contributed by atoms with Gasteiger partial charge in [-0.15, -0.1) is 0 Å². The van der Waals surface area contributed by atoms with Crippen molar-refractivity contribution >= 4 is 43.7 Å². The van der Waals surface area contributed by atoms with E-state index in [4.69, 9.17) is 5.11 Å². The molecule has 0 radical (unpaired) electrons. The lowest BCUT2D eigenvalue weighted by Gasteiger charge is -2.22. The Balaban J connectivity index is 2.19. The number of carboxylic acids is 1. The summed E-state index contributed by atoms with van der Waals surface area (Å²) in [7, 11) is -3.71. The molecule has 1 aliphatic rings. The third-order valence-electron chi connectivity index (χ3n) is 3.42. The molecule has 116 valence electrons. The first-order valence-corrected chi connectivity index (χ1v) is 9.66. The predicted octanol–water partition coefficient (Wildman–Crippen LogP) is 2.71. The molecule has 0 saturated carbocycles. The maximum absolute atomic E-state index is 12.3. The molecule has 8 heteroatoms. The highest BCUT2D eigenvalue weighted by Crippen LogP contribution is 2.37. The zero-order chi connectivity index (χ0) is 15.7. The van der Waals surface area contributed by atoms with Crippen LogP contribution < -0.4 is 4.72 Å². The molecule has 2 N–H and O–H groups in total. The number of rotatable bonds is 5. The Morgan fingerprint density at radius 2 is 2.24 bits per heavy atom. The average Bonchev–Trinajstić information content (AvgIpc) is 2.84. The van der Waals surface area contributed by atoms with Gasteiger partial charge in [-0.25, -0.2) is 17.9 Å². The third kappa shape index (κ3) is 4.00. The normalized spacial score (nSPS) is 22.4. The number of sulfonamides is 1. The van der Waals surface area contributed by atoms with Gasteiger partial charge in [0.1, 0.15) is 0 Å². The molecule has 1 unspecified atom stereocenters. The summed E-state index contributed by atoms with van der Waals surface area (Å²) >= 11 is 4.86. The molecule has 1 saturated heterocycles. The van der Waals surface area contributed by atoms with Crippen molar-refractivity contribution in [2.75, 3.05) is 12.3 Å². The Morgan fingerprint density at radius 1 is 1.52 bits per heavy atom. The van der Waals surface area contributed by atoms with Crippen molar-refractivity contribution in [2.45, 2.75) is 29.4 Å². The van der Waals surface area contributed by atoms with E-state index in [0.717, 1.165) is 18.6 Å². The van der Waals surface area contributed by atoms with Gasteiger partial charge in [0, 0.05) is 15.8 Å². The van der Waals surface area contributed by atoms with Gasteiger partial charge in [0.05, 0.1) is 10.5 Å². The van der Waals surface area contributed by atoms with Crippen LogP contribution >= 0.6 is 27.7 Å². The van der Waals surface area contributed by atoms with Gasteiger partial charge in [-0.05, 0) is 59.6 Å². The number of benzene rings is 1. The lowest BCUT2D eigenvalue weighted by molar-refractivity contribution is 0.0695. The number of thioether (sulfide) groups is 1. The largest absolute Gasteiger partial charge is 0.478 e. The summed E-state index contributed by atoms with van der Waals surface area (Å²) < 4.78 is 27.4. The quantitative estimate of drug-likeness (QED) is 0.803. The van der Waals surface area contributed by atoms with Gasteiger partial charge in [-0.2, -0.15) is 11.8 Å². The fraction of sp³-hybridized carbons (Fsp3) is 0.462. The molecule has 1 aromatic carbocycles. The Kier molecular flexibility index (Phi) is 5.02. The van der Waals surface area contributed by atoms with Crippen molar-refractivity contribution in [1.29, 1.82) is 0 Å². The van der Waals surface area contributed by atoms with Crippen molar-refractivity contribution in [1.82, 2.24) is 4.72 Å². The Bertz CT molecular complexity index is 654. The summed E-state index contributed by atoms with van der Waals surface area (Å²) in [5, 5.41) is 9.05. The van der Waals surface area contributed by atoms with Gasteiger partial charge in [0.2, 0.25) is 10.0 Å². The van der Waals surface area contributed by atoms with Crippen LogP contribution in [0.25, 0.3) is 0 Å². The number of halogens is 1. The number of nitrogens with one attached hydrogen (secondary N) is 1. The maximum Gasteiger partial charge on any atom is 0.336 e. The fourth-order valence-electron chi connectivity index (χ4n) is 2.14. The summed E-state index contributed by atoms with van der Waals surface area (Å²) in [6.07, 6.45) is 2.06. The minimum Gasteiger partial charge on any atom is -0.478 e. The summed E-state index contributed by atoms with van der Waals surface area (Å²) in [6, 6.07) is 3.99. The molecule has 0 aliphatic carbocycles. The minimum absolute atomic E-state index is 0.0327. The Morgan fingerprint density at radius 3 is 2.81 bits per heavy atom. The van der Waals surface area contributed by atoms with E-state index in [9.17, 15) is 13.2 Å². The number of aromatic carboxylic acids is 1. The van der Waals surface area contributed by atoms with E-state index < -0.39 is 16.0 Å². The van der Waals surface area contributed by atoms with Crippen molar-refractivity contribution in [3.05, 3.63) is 28.2 Å². The van der Waals surface area contributed by atoms with Gasteiger partial charge < -0.3 is 5.11 Å². The van der Waals surface area contributed by atoms with Crippen LogP contribution in [0, 0.1) is 0 Å². The van der Waals surface area contributed by atoms with Crippen LogP contribution in [0.3, 0.4) is 0 Å². The van der Waals surface area contributed by atoms with Crippen LogP contribution in [0.5, 0.6) is 0 Å². The monoisotopic (exact) mass is 393 g/mol. The fourth-order valence-corrected chi connectivity index (χ4v) is 5.09. The number of hydrogen-bond acceptors (Lipinski definition) is 4.